The van der Waals surface area contributed by atoms with Crippen LogP contribution in [-0.2, 0) is 14.3 Å². The van der Waals surface area contributed by atoms with Gasteiger partial charge in [-0.1, -0.05) is 431 Å². The van der Waals surface area contributed by atoms with Gasteiger partial charge in [0.05, 0.1) is 25.4 Å². The predicted molar refractivity (Wildman–Crippen MR) is 389 cm³/mol. The van der Waals surface area contributed by atoms with Crippen LogP contribution in [0.2, 0.25) is 0 Å². The highest BCUT2D eigenvalue weighted by Crippen LogP contribution is 2.21. The molecule has 0 spiro atoms. The fourth-order valence-corrected chi connectivity index (χ4v) is 13.3. The molecule has 0 radical (unpaired) electrons. The average Bonchev–Trinajstić information content (AvgIpc) is 3.57. The first kappa shape index (κ1) is 86.6. The Balaban J connectivity index is 3.31. The number of esters is 1. The average molecular weight is 1240 g/mol. The number of carbonyl (C=O) groups excluding carboxylic acids is 2. The third kappa shape index (κ3) is 73.6. The summed E-state index contributed by atoms with van der Waals surface area (Å²) in [5, 5.41) is 23.5. The van der Waals surface area contributed by atoms with Crippen molar-refractivity contribution in [1.82, 2.24) is 5.32 Å². The third-order valence-corrected chi connectivity index (χ3v) is 19.6. The SMILES string of the molecule is CCCC/C=C\CCCCCCCC(=O)OCCCCCCCCCCCCCCCCCCCCCCCCCCCCCCCCCCCCCCCC(=O)NC(CO)C(O)CCCCCCCCCCCCCCCCCCCCCCCCC. The molecule has 0 aromatic heterocycles. The number of hydrogen-bond acceptors (Lipinski definition) is 5. The molecular weight excluding hydrogens is 1080 g/mol. The van der Waals surface area contributed by atoms with Crippen molar-refractivity contribution in [3.05, 3.63) is 12.2 Å². The predicted octanol–water partition coefficient (Wildman–Crippen LogP) is 27.1. The van der Waals surface area contributed by atoms with Crippen LogP contribution < -0.4 is 5.32 Å². The number of aliphatic hydroxyl groups excluding tert-OH is 2. The van der Waals surface area contributed by atoms with E-state index in [1.54, 1.807) is 0 Å². The summed E-state index contributed by atoms with van der Waals surface area (Å²) in [4.78, 5) is 24.6. The van der Waals surface area contributed by atoms with E-state index >= 15 is 0 Å². The van der Waals surface area contributed by atoms with Gasteiger partial charge in [0.15, 0.2) is 0 Å². The zero-order chi connectivity index (χ0) is 63.5. The first-order valence-corrected chi connectivity index (χ1v) is 40.9. The fraction of sp³-hybridized carbons (Fsp3) is 0.951. The lowest BCUT2D eigenvalue weighted by Crippen LogP contribution is -2.45. The smallest absolute Gasteiger partial charge is 0.305 e. The number of amides is 1. The van der Waals surface area contributed by atoms with Crippen molar-refractivity contribution in [3.8, 4) is 0 Å². The second-order valence-electron chi connectivity index (χ2n) is 28.5. The van der Waals surface area contributed by atoms with Gasteiger partial charge >= 0.3 is 5.97 Å². The van der Waals surface area contributed by atoms with Crippen LogP contribution in [0.3, 0.4) is 0 Å². The van der Waals surface area contributed by atoms with Crippen molar-refractivity contribution >= 4 is 11.9 Å². The second-order valence-corrected chi connectivity index (χ2v) is 28.5. The van der Waals surface area contributed by atoms with Gasteiger partial charge in [-0.05, 0) is 44.9 Å². The van der Waals surface area contributed by atoms with E-state index in [4.69, 9.17) is 4.74 Å². The third-order valence-electron chi connectivity index (χ3n) is 19.6. The number of allylic oxidation sites excluding steroid dienone is 2. The molecule has 3 N–H and O–H groups in total. The molecule has 1 amide bonds. The summed E-state index contributed by atoms with van der Waals surface area (Å²) >= 11 is 0. The number of carbonyl (C=O) groups is 2. The van der Waals surface area contributed by atoms with Crippen molar-refractivity contribution in [2.75, 3.05) is 13.2 Å². The summed E-state index contributed by atoms with van der Waals surface area (Å²) in [6.07, 6.45) is 99.0. The lowest BCUT2D eigenvalue weighted by Gasteiger charge is -2.22. The maximum Gasteiger partial charge on any atom is 0.305 e. The van der Waals surface area contributed by atoms with Gasteiger partial charge in [-0.15, -0.1) is 0 Å². The Morgan fingerprint density at radius 2 is 0.545 bits per heavy atom. The van der Waals surface area contributed by atoms with Gasteiger partial charge < -0.3 is 20.3 Å². The molecule has 0 aromatic rings. The molecule has 6 heteroatoms. The Morgan fingerprint density at radius 1 is 0.307 bits per heavy atom. The quantitative estimate of drug-likeness (QED) is 0.0320. The van der Waals surface area contributed by atoms with Crippen molar-refractivity contribution in [1.29, 1.82) is 0 Å². The Labute approximate surface area is 552 Å². The molecule has 0 aromatic carbocycles. The molecule has 0 heterocycles. The van der Waals surface area contributed by atoms with E-state index in [1.807, 2.05) is 0 Å². The summed E-state index contributed by atoms with van der Waals surface area (Å²) in [6, 6.07) is -0.538. The van der Waals surface area contributed by atoms with Gasteiger partial charge in [-0.3, -0.25) is 9.59 Å². The first-order valence-electron chi connectivity index (χ1n) is 40.9. The molecule has 88 heavy (non-hydrogen) atoms. The number of aliphatic hydroxyl groups is 2. The first-order chi connectivity index (χ1) is 43.5. The van der Waals surface area contributed by atoms with Gasteiger partial charge in [0.25, 0.3) is 0 Å². The van der Waals surface area contributed by atoms with Crippen LogP contribution in [0.1, 0.15) is 476 Å². The normalized spacial score (nSPS) is 12.5. The summed E-state index contributed by atoms with van der Waals surface area (Å²) in [5.74, 6) is -0.00971. The minimum Gasteiger partial charge on any atom is -0.466 e. The molecule has 0 rings (SSSR count). The topological polar surface area (TPSA) is 95.9 Å². The summed E-state index contributed by atoms with van der Waals surface area (Å²) < 4.78 is 5.48. The zero-order valence-corrected chi connectivity index (χ0v) is 60.3. The van der Waals surface area contributed by atoms with E-state index in [1.165, 1.54) is 398 Å². The highest BCUT2D eigenvalue weighted by molar-refractivity contribution is 5.76. The van der Waals surface area contributed by atoms with E-state index in [2.05, 4.69) is 31.3 Å². The highest BCUT2D eigenvalue weighted by Gasteiger charge is 2.20. The standard InChI is InChI=1S/C82H161NO5/c1-3-5-7-9-11-13-15-16-17-18-19-20-36-39-42-45-48-51-55-58-62-66-70-74-80(85)79(78-84)83-81(86)75-71-67-63-59-56-52-49-46-43-40-37-34-32-30-28-26-24-22-21-23-25-27-29-31-33-35-38-41-44-47-50-53-57-61-65-69-73-77-88-82(87)76-72-68-64-60-54-14-12-10-8-6-4-2/h10,12,79-80,84-85H,3-9,11,13-78H2,1-2H3,(H,83,86)/b12-10-. The van der Waals surface area contributed by atoms with Crippen molar-refractivity contribution in [2.24, 2.45) is 0 Å². The zero-order valence-electron chi connectivity index (χ0n) is 60.3. The Bertz CT molecular complexity index is 1340. The molecule has 0 saturated carbocycles. The largest absolute Gasteiger partial charge is 0.466 e. The number of unbranched alkanes of at least 4 members (excludes halogenated alkanes) is 65. The number of nitrogens with one attached hydrogen (secondary N) is 1. The van der Waals surface area contributed by atoms with Gasteiger partial charge in [0, 0.05) is 12.8 Å². The molecule has 0 saturated heterocycles. The summed E-state index contributed by atoms with van der Waals surface area (Å²) in [7, 11) is 0. The van der Waals surface area contributed by atoms with Crippen LogP contribution in [0.5, 0.6) is 0 Å². The summed E-state index contributed by atoms with van der Waals surface area (Å²) in [5.41, 5.74) is 0. The maximum absolute atomic E-state index is 12.6. The maximum atomic E-state index is 12.6. The lowest BCUT2D eigenvalue weighted by atomic mass is 10.0. The molecule has 2 unspecified atom stereocenters. The Morgan fingerprint density at radius 3 is 0.841 bits per heavy atom. The summed E-state index contributed by atoms with van der Waals surface area (Å²) in [6.45, 7) is 4.97. The van der Waals surface area contributed by atoms with Crippen molar-refractivity contribution in [3.63, 3.8) is 0 Å². The van der Waals surface area contributed by atoms with Crippen LogP contribution in [0.4, 0.5) is 0 Å². The second kappa shape index (κ2) is 78.0. The van der Waals surface area contributed by atoms with Crippen molar-refractivity contribution in [2.45, 2.75) is 488 Å². The number of rotatable bonds is 78. The highest BCUT2D eigenvalue weighted by atomic mass is 16.5. The van der Waals surface area contributed by atoms with Gasteiger partial charge in [0.1, 0.15) is 0 Å². The van der Waals surface area contributed by atoms with Crippen LogP contribution >= 0.6 is 0 Å². The van der Waals surface area contributed by atoms with Gasteiger partial charge in [-0.2, -0.15) is 0 Å². The van der Waals surface area contributed by atoms with Crippen molar-refractivity contribution < 1.29 is 24.5 Å². The minimum atomic E-state index is -0.661. The molecule has 0 aliphatic heterocycles. The van der Waals surface area contributed by atoms with E-state index in [-0.39, 0.29) is 18.5 Å². The molecule has 0 fully saturated rings. The van der Waals surface area contributed by atoms with Gasteiger partial charge in [-0.25, -0.2) is 0 Å². The van der Waals surface area contributed by atoms with Gasteiger partial charge in [0.2, 0.25) is 5.91 Å². The van der Waals surface area contributed by atoms with Crippen LogP contribution in [0, 0.1) is 0 Å². The lowest BCUT2D eigenvalue weighted by molar-refractivity contribution is -0.143. The van der Waals surface area contributed by atoms with Crippen LogP contribution in [0.25, 0.3) is 0 Å². The molecular formula is C82H161NO5. The van der Waals surface area contributed by atoms with E-state index in [0.717, 1.165) is 44.9 Å². The monoisotopic (exact) mass is 1240 g/mol. The molecule has 0 bridgehead atoms. The molecule has 0 aliphatic rings. The van der Waals surface area contributed by atoms with Crippen LogP contribution in [0.15, 0.2) is 12.2 Å². The van der Waals surface area contributed by atoms with E-state index in [0.29, 0.717) is 25.9 Å². The molecule has 2 atom stereocenters. The number of ether oxygens (including phenoxy) is 1. The van der Waals surface area contributed by atoms with Crippen LogP contribution in [-0.4, -0.2) is 47.4 Å². The molecule has 6 nitrogen and oxygen atoms in total. The molecule has 524 valence electrons. The Kier molecular flexibility index (Phi) is 76.8. The fourth-order valence-electron chi connectivity index (χ4n) is 13.3. The molecule has 0 aliphatic carbocycles. The minimum absolute atomic E-state index is 0.0133. The Hall–Kier alpha value is -1.40. The number of hydrogen-bond donors (Lipinski definition) is 3. The van der Waals surface area contributed by atoms with E-state index in [9.17, 15) is 19.8 Å². The van der Waals surface area contributed by atoms with E-state index < -0.39 is 12.1 Å².